The van der Waals surface area contributed by atoms with Gasteiger partial charge in [0, 0.05) is 6.54 Å². The van der Waals surface area contributed by atoms with Crippen LogP contribution in [-0.4, -0.2) is 28.6 Å². The second-order valence-corrected chi connectivity index (χ2v) is 5.40. The summed E-state index contributed by atoms with van der Waals surface area (Å²) in [6.07, 6.45) is 2.64. The lowest BCUT2D eigenvalue weighted by Crippen LogP contribution is -2.32. The number of carbonyl (C=O) groups excluding carboxylic acids is 1. The standard InChI is InChI=1S/C15H18FNO4/c16-11-2-1-3-12(18)13(11)14(19)17-8-9-4-6-10(7-5-9)15(20)21/h1-3,9-10,18H,4-8H2,(H,17,19)(H,20,21). The number of rotatable bonds is 4. The summed E-state index contributed by atoms with van der Waals surface area (Å²) < 4.78 is 13.5. The third-order valence-electron chi connectivity index (χ3n) is 3.97. The highest BCUT2D eigenvalue weighted by molar-refractivity contribution is 5.97. The fourth-order valence-electron chi connectivity index (χ4n) is 2.68. The molecular formula is C15H18FNO4. The molecule has 0 bridgehead atoms. The van der Waals surface area contributed by atoms with Crippen molar-refractivity contribution in [2.24, 2.45) is 11.8 Å². The molecule has 6 heteroatoms. The van der Waals surface area contributed by atoms with Crippen LogP contribution in [0.3, 0.4) is 0 Å². The molecule has 1 aliphatic rings. The van der Waals surface area contributed by atoms with E-state index in [1.54, 1.807) is 0 Å². The summed E-state index contributed by atoms with van der Waals surface area (Å²) in [7, 11) is 0. The van der Waals surface area contributed by atoms with Gasteiger partial charge in [-0.1, -0.05) is 6.07 Å². The fourth-order valence-corrected chi connectivity index (χ4v) is 2.68. The molecule has 0 aliphatic heterocycles. The first-order valence-electron chi connectivity index (χ1n) is 6.97. The maximum absolute atomic E-state index is 13.5. The van der Waals surface area contributed by atoms with Gasteiger partial charge < -0.3 is 15.5 Å². The van der Waals surface area contributed by atoms with Gasteiger partial charge in [0.05, 0.1) is 5.92 Å². The number of hydrogen-bond acceptors (Lipinski definition) is 3. The molecule has 1 aromatic carbocycles. The van der Waals surface area contributed by atoms with Crippen LogP contribution in [-0.2, 0) is 4.79 Å². The molecule has 1 aromatic rings. The molecule has 0 heterocycles. The number of phenols is 1. The highest BCUT2D eigenvalue weighted by Crippen LogP contribution is 2.28. The lowest BCUT2D eigenvalue weighted by molar-refractivity contribution is -0.143. The van der Waals surface area contributed by atoms with Gasteiger partial charge in [-0.2, -0.15) is 0 Å². The number of aromatic hydroxyl groups is 1. The van der Waals surface area contributed by atoms with Gasteiger partial charge in [0.1, 0.15) is 17.1 Å². The molecule has 21 heavy (non-hydrogen) atoms. The molecule has 1 fully saturated rings. The van der Waals surface area contributed by atoms with Gasteiger partial charge >= 0.3 is 5.97 Å². The van der Waals surface area contributed by atoms with Crippen LogP contribution < -0.4 is 5.32 Å². The van der Waals surface area contributed by atoms with Gasteiger partial charge in [0.15, 0.2) is 0 Å². The second kappa shape index (κ2) is 6.56. The number of carbonyl (C=O) groups is 2. The van der Waals surface area contributed by atoms with Crippen molar-refractivity contribution in [3.8, 4) is 5.75 Å². The zero-order chi connectivity index (χ0) is 15.4. The molecule has 0 unspecified atom stereocenters. The fraction of sp³-hybridized carbons (Fsp3) is 0.467. The minimum absolute atomic E-state index is 0.193. The van der Waals surface area contributed by atoms with Crippen LogP contribution >= 0.6 is 0 Å². The van der Waals surface area contributed by atoms with Crippen molar-refractivity contribution in [1.82, 2.24) is 5.32 Å². The Balaban J connectivity index is 1.87. The Morgan fingerprint density at radius 2 is 1.90 bits per heavy atom. The first kappa shape index (κ1) is 15.3. The van der Waals surface area contributed by atoms with Crippen molar-refractivity contribution in [3.05, 3.63) is 29.6 Å². The van der Waals surface area contributed by atoms with Crippen LogP contribution in [0.2, 0.25) is 0 Å². The maximum Gasteiger partial charge on any atom is 0.306 e. The number of aliphatic carboxylic acids is 1. The molecule has 0 saturated heterocycles. The van der Waals surface area contributed by atoms with Crippen molar-refractivity contribution < 1.29 is 24.2 Å². The second-order valence-electron chi connectivity index (χ2n) is 5.40. The summed E-state index contributed by atoms with van der Waals surface area (Å²) in [4.78, 5) is 22.7. The van der Waals surface area contributed by atoms with Gasteiger partial charge in [0.25, 0.3) is 5.91 Å². The Morgan fingerprint density at radius 3 is 2.48 bits per heavy atom. The molecule has 0 spiro atoms. The number of carboxylic acids is 1. The van der Waals surface area contributed by atoms with Crippen LogP contribution in [0.1, 0.15) is 36.0 Å². The molecule has 3 N–H and O–H groups in total. The lowest BCUT2D eigenvalue weighted by Gasteiger charge is -2.26. The molecule has 0 aromatic heterocycles. The monoisotopic (exact) mass is 295 g/mol. The highest BCUT2D eigenvalue weighted by atomic mass is 19.1. The molecule has 2 rings (SSSR count). The number of benzene rings is 1. The summed E-state index contributed by atoms with van der Waals surface area (Å²) in [6, 6.07) is 3.71. The van der Waals surface area contributed by atoms with Gasteiger partial charge in [-0.3, -0.25) is 9.59 Å². The lowest BCUT2D eigenvalue weighted by atomic mass is 9.82. The number of nitrogens with one attached hydrogen (secondary N) is 1. The van der Waals surface area contributed by atoms with E-state index in [0.717, 1.165) is 18.9 Å². The SMILES string of the molecule is O=C(NCC1CCC(C(=O)O)CC1)c1c(O)cccc1F. The average molecular weight is 295 g/mol. The maximum atomic E-state index is 13.5. The van der Waals surface area contributed by atoms with Gasteiger partial charge in [-0.25, -0.2) is 4.39 Å². The van der Waals surface area contributed by atoms with Gasteiger partial charge in [-0.15, -0.1) is 0 Å². The summed E-state index contributed by atoms with van der Waals surface area (Å²) in [5.74, 6) is -2.67. The largest absolute Gasteiger partial charge is 0.507 e. The van der Waals surface area contributed by atoms with E-state index in [1.807, 2.05) is 0 Å². The Morgan fingerprint density at radius 1 is 1.24 bits per heavy atom. The van der Waals surface area contributed by atoms with Gasteiger partial charge in [-0.05, 0) is 43.7 Å². The van der Waals surface area contributed by atoms with Crippen molar-refractivity contribution in [1.29, 1.82) is 0 Å². The van der Waals surface area contributed by atoms with E-state index >= 15 is 0 Å². The Kier molecular flexibility index (Phi) is 4.77. The normalized spacial score (nSPS) is 21.8. The quantitative estimate of drug-likeness (QED) is 0.794. The molecule has 1 aliphatic carbocycles. The predicted molar refractivity (Wildman–Crippen MR) is 73.5 cm³/mol. The van der Waals surface area contributed by atoms with E-state index in [1.165, 1.54) is 12.1 Å². The van der Waals surface area contributed by atoms with Crippen LogP contribution in [0, 0.1) is 17.7 Å². The Labute approximate surface area is 121 Å². The van der Waals surface area contributed by atoms with Crippen LogP contribution in [0.25, 0.3) is 0 Å². The number of hydrogen-bond donors (Lipinski definition) is 3. The smallest absolute Gasteiger partial charge is 0.306 e. The van der Waals surface area contributed by atoms with Gasteiger partial charge in [0.2, 0.25) is 0 Å². The first-order chi connectivity index (χ1) is 9.99. The average Bonchev–Trinajstić information content (AvgIpc) is 2.45. The summed E-state index contributed by atoms with van der Waals surface area (Å²) in [6.45, 7) is 0.360. The third kappa shape index (κ3) is 3.71. The molecule has 114 valence electrons. The predicted octanol–water partition coefficient (Wildman–Crippen LogP) is 2.15. The van der Waals surface area contributed by atoms with E-state index in [4.69, 9.17) is 5.11 Å². The van der Waals surface area contributed by atoms with Crippen LogP contribution in [0.4, 0.5) is 4.39 Å². The van der Waals surface area contributed by atoms with Crippen molar-refractivity contribution in [2.45, 2.75) is 25.7 Å². The summed E-state index contributed by atoms with van der Waals surface area (Å²) in [5.41, 5.74) is -0.350. The van der Waals surface area contributed by atoms with Crippen LogP contribution in [0.5, 0.6) is 5.75 Å². The Bertz CT molecular complexity index is 518. The first-order valence-corrected chi connectivity index (χ1v) is 6.97. The number of amides is 1. The number of phenolic OH excluding ortho intramolecular Hbond substituents is 1. The van der Waals surface area contributed by atoms with Crippen molar-refractivity contribution in [2.75, 3.05) is 6.54 Å². The minimum Gasteiger partial charge on any atom is -0.507 e. The van der Waals surface area contributed by atoms with Crippen molar-refractivity contribution in [3.63, 3.8) is 0 Å². The van der Waals surface area contributed by atoms with E-state index in [9.17, 15) is 19.1 Å². The number of halogens is 1. The molecule has 1 amide bonds. The van der Waals surface area contributed by atoms with E-state index in [-0.39, 0.29) is 23.1 Å². The van der Waals surface area contributed by atoms with Crippen molar-refractivity contribution >= 4 is 11.9 Å². The summed E-state index contributed by atoms with van der Waals surface area (Å²) in [5, 5.41) is 21.0. The molecule has 0 atom stereocenters. The highest BCUT2D eigenvalue weighted by Gasteiger charge is 2.26. The van der Waals surface area contributed by atoms with E-state index in [2.05, 4.69) is 5.32 Å². The topological polar surface area (TPSA) is 86.6 Å². The molecular weight excluding hydrogens is 277 g/mol. The molecule has 1 saturated carbocycles. The van der Waals surface area contributed by atoms with E-state index in [0.29, 0.717) is 19.4 Å². The summed E-state index contributed by atoms with van der Waals surface area (Å²) >= 11 is 0. The zero-order valence-electron chi connectivity index (χ0n) is 11.5. The third-order valence-corrected chi connectivity index (χ3v) is 3.97. The Hall–Kier alpha value is -2.11. The number of carboxylic acid groups (broad SMARTS) is 1. The minimum atomic E-state index is -0.770. The molecule has 5 nitrogen and oxygen atoms in total. The van der Waals surface area contributed by atoms with Crippen LogP contribution in [0.15, 0.2) is 18.2 Å². The molecule has 0 radical (unpaired) electrons. The van der Waals surface area contributed by atoms with E-state index < -0.39 is 17.7 Å². The zero-order valence-corrected chi connectivity index (χ0v) is 11.5.